The first-order valence-electron chi connectivity index (χ1n) is 5.97. The van der Waals surface area contributed by atoms with Crippen LogP contribution in [0.1, 0.15) is 5.56 Å². The fourth-order valence-electron chi connectivity index (χ4n) is 2.11. The molecule has 0 N–H and O–H groups in total. The average Bonchev–Trinajstić information content (AvgIpc) is 2.76. The van der Waals surface area contributed by atoms with Crippen molar-refractivity contribution in [1.82, 2.24) is 3.56 Å². The van der Waals surface area contributed by atoms with Gasteiger partial charge in [0.2, 0.25) is 0 Å². The molecule has 0 saturated carbocycles. The number of nitrogens with zero attached hydrogens (tertiary/aromatic N) is 1. The van der Waals surface area contributed by atoms with Gasteiger partial charge in [0.25, 0.3) is 0 Å². The van der Waals surface area contributed by atoms with E-state index in [1.807, 2.05) is 53.0 Å². The molecule has 2 aromatic carbocycles. The molecule has 4 heteroatoms. The Morgan fingerprint density at radius 2 is 1.95 bits per heavy atom. The Balaban J connectivity index is 2.25. The van der Waals surface area contributed by atoms with Crippen LogP contribution in [0, 0.1) is 6.92 Å². The molecule has 3 aromatic rings. The molecule has 0 bridgehead atoms. The van der Waals surface area contributed by atoms with Gasteiger partial charge in [0, 0.05) is 0 Å². The van der Waals surface area contributed by atoms with Gasteiger partial charge in [-0.1, -0.05) is 0 Å². The molecule has 19 heavy (non-hydrogen) atoms. The maximum atomic E-state index is 12.4. The summed E-state index contributed by atoms with van der Waals surface area (Å²) < 4.78 is 8.23. The summed E-state index contributed by atoms with van der Waals surface area (Å²) in [6, 6.07) is 13.6. The van der Waals surface area contributed by atoms with E-state index in [9.17, 15) is 4.79 Å². The number of rotatable bonds is 2. The Morgan fingerprint density at radius 3 is 2.63 bits per heavy atom. The van der Waals surface area contributed by atoms with Crippen molar-refractivity contribution >= 4 is 24.4 Å². The van der Waals surface area contributed by atoms with Gasteiger partial charge in [0.05, 0.1) is 0 Å². The summed E-state index contributed by atoms with van der Waals surface area (Å²) in [6.07, 6.45) is 0. The standard InChI is InChI=1S/C15H13NO2Se/c1-10-9-11(18-2)7-8-13(10)16-15(17)12-5-3-4-6-14(12)19-16/h3-9H,1-2H3. The van der Waals surface area contributed by atoms with Crippen molar-refractivity contribution in [3.8, 4) is 11.4 Å². The first-order valence-corrected chi connectivity index (χ1v) is 7.59. The van der Waals surface area contributed by atoms with E-state index in [0.29, 0.717) is 0 Å². The molecule has 0 radical (unpaired) electrons. The molecule has 3 nitrogen and oxygen atoms in total. The van der Waals surface area contributed by atoms with E-state index in [-0.39, 0.29) is 20.3 Å². The first kappa shape index (κ1) is 12.3. The second-order valence-electron chi connectivity index (χ2n) is 4.34. The summed E-state index contributed by atoms with van der Waals surface area (Å²) >= 11 is 0.0209. The summed E-state index contributed by atoms with van der Waals surface area (Å²) in [5.41, 5.74) is 2.13. The minimum absolute atomic E-state index is 0.0209. The normalized spacial score (nSPS) is 10.8. The van der Waals surface area contributed by atoms with Crippen molar-refractivity contribution in [3.05, 3.63) is 58.4 Å². The van der Waals surface area contributed by atoms with Gasteiger partial charge >= 0.3 is 117 Å². The Bertz CT molecular complexity index is 801. The van der Waals surface area contributed by atoms with Crippen LogP contribution in [0.2, 0.25) is 0 Å². The summed E-state index contributed by atoms with van der Waals surface area (Å²) in [5.74, 6) is 0.818. The molecule has 0 saturated heterocycles. The van der Waals surface area contributed by atoms with Gasteiger partial charge in [-0.25, -0.2) is 0 Å². The van der Waals surface area contributed by atoms with E-state index in [1.165, 1.54) is 0 Å². The van der Waals surface area contributed by atoms with E-state index < -0.39 is 0 Å². The van der Waals surface area contributed by atoms with Gasteiger partial charge in [0.1, 0.15) is 0 Å². The molecule has 0 fully saturated rings. The number of methoxy groups -OCH3 is 1. The van der Waals surface area contributed by atoms with Crippen molar-refractivity contribution in [3.63, 3.8) is 0 Å². The van der Waals surface area contributed by atoms with Gasteiger partial charge in [-0.3, -0.25) is 0 Å². The topological polar surface area (TPSA) is 31.2 Å². The van der Waals surface area contributed by atoms with Crippen molar-refractivity contribution in [1.29, 1.82) is 0 Å². The number of aryl methyl sites for hydroxylation is 1. The van der Waals surface area contributed by atoms with E-state index in [2.05, 4.69) is 0 Å². The molecule has 0 unspecified atom stereocenters. The Kier molecular flexibility index (Phi) is 3.05. The second kappa shape index (κ2) is 4.72. The zero-order chi connectivity index (χ0) is 13.4. The molecule has 0 spiro atoms. The molecular weight excluding hydrogens is 305 g/mol. The zero-order valence-corrected chi connectivity index (χ0v) is 12.4. The summed E-state index contributed by atoms with van der Waals surface area (Å²) in [7, 11) is 1.65. The quantitative estimate of drug-likeness (QED) is 0.679. The van der Waals surface area contributed by atoms with Gasteiger partial charge in [-0.2, -0.15) is 0 Å². The van der Waals surface area contributed by atoms with E-state index >= 15 is 0 Å². The summed E-state index contributed by atoms with van der Waals surface area (Å²) in [4.78, 5) is 12.4. The number of hydrogen-bond donors (Lipinski definition) is 0. The van der Waals surface area contributed by atoms with Crippen LogP contribution in [0.4, 0.5) is 0 Å². The van der Waals surface area contributed by atoms with Crippen LogP contribution in [0.3, 0.4) is 0 Å². The van der Waals surface area contributed by atoms with Crippen LogP contribution in [0.25, 0.3) is 15.3 Å². The average molecular weight is 318 g/mol. The Labute approximate surface area is 117 Å². The van der Waals surface area contributed by atoms with E-state index in [1.54, 1.807) is 7.11 Å². The van der Waals surface area contributed by atoms with Crippen LogP contribution >= 0.6 is 0 Å². The van der Waals surface area contributed by atoms with Crippen molar-refractivity contribution in [2.75, 3.05) is 7.11 Å². The van der Waals surface area contributed by atoms with Crippen molar-refractivity contribution < 1.29 is 4.74 Å². The molecule has 1 heterocycles. The Hall–Kier alpha value is -1.77. The third kappa shape index (κ3) is 2.03. The fourth-order valence-corrected chi connectivity index (χ4v) is 4.37. The van der Waals surface area contributed by atoms with Crippen LogP contribution in [-0.2, 0) is 0 Å². The third-order valence-electron chi connectivity index (χ3n) is 3.11. The van der Waals surface area contributed by atoms with Crippen LogP contribution < -0.4 is 10.3 Å². The number of hydrogen-bond acceptors (Lipinski definition) is 2. The number of benzene rings is 2. The zero-order valence-electron chi connectivity index (χ0n) is 10.7. The van der Waals surface area contributed by atoms with Gasteiger partial charge in [-0.15, -0.1) is 0 Å². The predicted molar refractivity (Wildman–Crippen MR) is 77.8 cm³/mol. The third-order valence-corrected chi connectivity index (χ3v) is 5.42. The molecule has 0 amide bonds. The molecule has 0 aliphatic heterocycles. The maximum absolute atomic E-state index is 12.4. The molecule has 1 aromatic heterocycles. The second-order valence-corrected chi connectivity index (χ2v) is 6.41. The van der Waals surface area contributed by atoms with Gasteiger partial charge in [0.15, 0.2) is 0 Å². The summed E-state index contributed by atoms with van der Waals surface area (Å²) in [5, 5.41) is 0.831. The number of aromatic nitrogens is 1. The molecule has 3 rings (SSSR count). The van der Waals surface area contributed by atoms with Crippen LogP contribution in [-0.4, -0.2) is 25.4 Å². The molecule has 96 valence electrons. The minimum atomic E-state index is 0.0209. The van der Waals surface area contributed by atoms with Crippen molar-refractivity contribution in [2.24, 2.45) is 0 Å². The molecule has 0 aliphatic carbocycles. The number of fused-ring (bicyclic) bond motifs is 1. The van der Waals surface area contributed by atoms with Crippen LogP contribution in [0.5, 0.6) is 5.75 Å². The Morgan fingerprint density at radius 1 is 1.16 bits per heavy atom. The van der Waals surface area contributed by atoms with Gasteiger partial charge in [-0.05, 0) is 0 Å². The van der Waals surface area contributed by atoms with E-state index in [0.717, 1.165) is 26.6 Å². The molecular formula is C15H13NO2Se. The predicted octanol–water partition coefficient (Wildman–Crippen LogP) is 2.36. The summed E-state index contributed by atoms with van der Waals surface area (Å²) in [6.45, 7) is 2.00. The van der Waals surface area contributed by atoms with E-state index in [4.69, 9.17) is 4.74 Å². The molecule has 0 atom stereocenters. The monoisotopic (exact) mass is 319 g/mol. The van der Waals surface area contributed by atoms with Crippen molar-refractivity contribution in [2.45, 2.75) is 6.92 Å². The molecule has 0 aliphatic rings. The SMILES string of the molecule is COc1ccc(-n2[se]c3ccccc3c2=O)c(C)c1. The first-order chi connectivity index (χ1) is 9.20. The van der Waals surface area contributed by atoms with Crippen LogP contribution in [0.15, 0.2) is 47.3 Å². The fraction of sp³-hybridized carbons (Fsp3) is 0.133. The van der Waals surface area contributed by atoms with Gasteiger partial charge < -0.3 is 0 Å². The number of ether oxygens (including phenoxy) is 1.